The highest BCUT2D eigenvalue weighted by molar-refractivity contribution is 6.02. The Kier molecular flexibility index (Phi) is 11.6. The van der Waals surface area contributed by atoms with Crippen molar-refractivity contribution in [1.82, 2.24) is 10.2 Å². The number of amides is 4. The molecule has 3 atom stereocenters. The Morgan fingerprint density at radius 1 is 1.13 bits per heavy atom. The number of aliphatic hydroxyl groups is 1. The minimum atomic E-state index is -0.741. The molecule has 0 spiro atoms. The normalized spacial score (nSPS) is 21.7. The highest BCUT2D eigenvalue weighted by atomic mass is 16.6. The fourth-order valence-electron chi connectivity index (χ4n) is 6.78. The molecule has 2 heterocycles. The van der Waals surface area contributed by atoms with Gasteiger partial charge >= 0.3 is 6.09 Å². The summed E-state index contributed by atoms with van der Waals surface area (Å²) in [5, 5.41) is 12.9. The van der Waals surface area contributed by atoms with E-state index in [4.69, 9.17) is 9.47 Å². The van der Waals surface area contributed by atoms with Crippen LogP contribution in [0.15, 0.2) is 18.2 Å². The number of hydrogen-bond acceptors (Lipinski definition) is 7. The van der Waals surface area contributed by atoms with Crippen molar-refractivity contribution in [1.29, 1.82) is 0 Å². The van der Waals surface area contributed by atoms with Gasteiger partial charge in [0.05, 0.1) is 24.5 Å². The first-order valence-corrected chi connectivity index (χ1v) is 17.2. The number of likely N-dealkylation sites (tertiary alicyclic amines) is 1. The molecule has 0 aromatic heterocycles. The van der Waals surface area contributed by atoms with Gasteiger partial charge in [-0.25, -0.2) is 4.79 Å². The molecular formula is C36H56N4O7. The molecule has 4 amide bonds. The zero-order chi connectivity index (χ0) is 34.7. The Morgan fingerprint density at radius 3 is 2.40 bits per heavy atom. The van der Waals surface area contributed by atoms with Gasteiger partial charge in [-0.15, -0.1) is 0 Å². The minimum absolute atomic E-state index is 0.00668. The lowest BCUT2D eigenvalue weighted by Gasteiger charge is -2.40. The maximum absolute atomic E-state index is 14.5. The number of fused-ring (bicyclic) bond motifs is 1. The molecule has 47 heavy (non-hydrogen) atoms. The number of piperidine rings is 1. The van der Waals surface area contributed by atoms with Gasteiger partial charge in [0.15, 0.2) is 0 Å². The molecule has 4 rings (SSSR count). The highest BCUT2D eigenvalue weighted by Crippen LogP contribution is 2.42. The van der Waals surface area contributed by atoms with E-state index in [0.29, 0.717) is 38.1 Å². The first-order valence-electron chi connectivity index (χ1n) is 17.2. The lowest BCUT2D eigenvalue weighted by Crippen LogP contribution is -2.55. The number of ether oxygens (including phenoxy) is 2. The van der Waals surface area contributed by atoms with E-state index in [-0.39, 0.29) is 55.8 Å². The molecule has 0 bridgehead atoms. The summed E-state index contributed by atoms with van der Waals surface area (Å²) < 4.78 is 10.9. The van der Waals surface area contributed by atoms with E-state index in [2.05, 4.69) is 5.32 Å². The van der Waals surface area contributed by atoms with Gasteiger partial charge in [-0.3, -0.25) is 14.4 Å². The summed E-state index contributed by atoms with van der Waals surface area (Å²) in [5.41, 5.74) is 1.31. The Morgan fingerprint density at radius 2 is 1.81 bits per heavy atom. The fourth-order valence-corrected chi connectivity index (χ4v) is 6.78. The Balaban J connectivity index is 1.64. The van der Waals surface area contributed by atoms with E-state index < -0.39 is 35.0 Å². The van der Waals surface area contributed by atoms with E-state index in [9.17, 15) is 24.3 Å². The minimum Gasteiger partial charge on any atom is -0.444 e. The van der Waals surface area contributed by atoms with E-state index in [1.165, 1.54) is 4.90 Å². The molecule has 2 N–H and O–H groups in total. The van der Waals surface area contributed by atoms with Crippen LogP contribution < -0.4 is 15.1 Å². The topological polar surface area (TPSA) is 129 Å². The van der Waals surface area contributed by atoms with Crippen molar-refractivity contribution in [2.45, 2.75) is 105 Å². The van der Waals surface area contributed by atoms with Gasteiger partial charge in [0.2, 0.25) is 17.7 Å². The molecule has 11 nitrogen and oxygen atoms in total. The van der Waals surface area contributed by atoms with E-state index in [1.54, 1.807) is 27.9 Å². The van der Waals surface area contributed by atoms with Gasteiger partial charge in [-0.05, 0) is 82.9 Å². The predicted molar refractivity (Wildman–Crippen MR) is 181 cm³/mol. The van der Waals surface area contributed by atoms with Crippen molar-refractivity contribution < 1.29 is 33.8 Å². The molecule has 2 fully saturated rings. The summed E-state index contributed by atoms with van der Waals surface area (Å²) in [5.74, 6) is -1.39. The standard InChI is InChI=1S/C36H56N4O7/c1-23(2)16-27(22-41)37-31(42)25-17-26(21-38(20-25)34(45)47-35(3,4)5)32(43)40(28-12-13-28)29-11-10-24-19-36(6,7)33(44)39(30(24)18-29)14-9-15-46-8/h10-11,18,23,25-28,41H,9,12-17,19-22H2,1-8H3,(H,37,42)/t25-,26+,27?/m0/s1. The van der Waals surface area contributed by atoms with Crippen LogP contribution in [0.5, 0.6) is 0 Å². The molecule has 1 saturated heterocycles. The van der Waals surface area contributed by atoms with Crippen LogP contribution in [0.4, 0.5) is 16.2 Å². The van der Waals surface area contributed by atoms with Gasteiger partial charge in [-0.1, -0.05) is 33.8 Å². The molecule has 262 valence electrons. The Bertz CT molecular complexity index is 1300. The molecule has 0 radical (unpaired) electrons. The average molecular weight is 657 g/mol. The van der Waals surface area contributed by atoms with E-state index in [1.807, 2.05) is 55.7 Å². The van der Waals surface area contributed by atoms with Gasteiger partial charge in [0.25, 0.3) is 0 Å². The average Bonchev–Trinajstić information content (AvgIpc) is 3.83. The van der Waals surface area contributed by atoms with Gasteiger partial charge in [0, 0.05) is 56.2 Å². The fraction of sp³-hybridized carbons (Fsp3) is 0.722. The molecule has 11 heteroatoms. The molecule has 1 saturated carbocycles. The van der Waals surface area contributed by atoms with Crippen molar-refractivity contribution in [3.63, 3.8) is 0 Å². The van der Waals surface area contributed by atoms with Gasteiger partial charge in [-0.2, -0.15) is 0 Å². The van der Waals surface area contributed by atoms with Crippen molar-refractivity contribution in [3.8, 4) is 0 Å². The predicted octanol–water partition coefficient (Wildman–Crippen LogP) is 4.53. The molecule has 1 aliphatic carbocycles. The molecule has 1 unspecified atom stereocenters. The number of rotatable bonds is 12. The smallest absolute Gasteiger partial charge is 0.410 e. The van der Waals surface area contributed by atoms with Gasteiger partial charge in [0.1, 0.15) is 5.60 Å². The summed E-state index contributed by atoms with van der Waals surface area (Å²) in [6.07, 6.45) is 3.33. The highest BCUT2D eigenvalue weighted by Gasteiger charge is 2.45. The summed E-state index contributed by atoms with van der Waals surface area (Å²) in [4.78, 5) is 60.1. The quantitative estimate of drug-likeness (QED) is 0.317. The van der Waals surface area contributed by atoms with Crippen LogP contribution in [-0.4, -0.2) is 91.5 Å². The van der Waals surface area contributed by atoms with E-state index in [0.717, 1.165) is 24.1 Å². The summed E-state index contributed by atoms with van der Waals surface area (Å²) in [6, 6.07) is 5.55. The summed E-state index contributed by atoms with van der Waals surface area (Å²) in [7, 11) is 1.65. The molecule has 3 aliphatic rings. The number of methoxy groups -OCH3 is 1. The van der Waals surface area contributed by atoms with Crippen molar-refractivity contribution >= 4 is 35.2 Å². The zero-order valence-corrected chi connectivity index (χ0v) is 29.6. The number of aliphatic hydroxyl groups excluding tert-OH is 1. The summed E-state index contributed by atoms with van der Waals surface area (Å²) in [6.45, 7) is 14.5. The second-order valence-corrected chi connectivity index (χ2v) is 15.6. The molecular weight excluding hydrogens is 600 g/mol. The van der Waals surface area contributed by atoms with Crippen LogP contribution in [0, 0.1) is 23.2 Å². The second-order valence-electron chi connectivity index (χ2n) is 15.6. The SMILES string of the molecule is COCCCN1C(=O)C(C)(C)Cc2ccc(N(C(=O)[C@@H]3C[C@H](C(=O)NC(CO)CC(C)C)CN(C(=O)OC(C)(C)C)C3)C3CC3)cc21. The van der Waals surface area contributed by atoms with E-state index >= 15 is 0 Å². The number of carbonyl (C=O) groups excluding carboxylic acids is 4. The van der Waals surface area contributed by atoms with Crippen LogP contribution in [0.2, 0.25) is 0 Å². The van der Waals surface area contributed by atoms with Crippen LogP contribution >= 0.6 is 0 Å². The van der Waals surface area contributed by atoms with Gasteiger partial charge < -0.3 is 34.6 Å². The number of benzene rings is 1. The lowest BCUT2D eigenvalue weighted by atomic mass is 9.80. The third-order valence-corrected chi connectivity index (χ3v) is 9.12. The Labute approximate surface area is 280 Å². The lowest BCUT2D eigenvalue weighted by molar-refractivity contribution is -0.131. The van der Waals surface area contributed by atoms with Crippen LogP contribution in [0.25, 0.3) is 0 Å². The monoisotopic (exact) mass is 656 g/mol. The van der Waals surface area contributed by atoms with Crippen molar-refractivity contribution in [3.05, 3.63) is 23.8 Å². The zero-order valence-electron chi connectivity index (χ0n) is 29.6. The third kappa shape index (κ3) is 9.25. The number of carbonyl (C=O) groups is 4. The molecule has 1 aromatic rings. The summed E-state index contributed by atoms with van der Waals surface area (Å²) >= 11 is 0. The molecule has 1 aromatic carbocycles. The maximum Gasteiger partial charge on any atom is 0.410 e. The first kappa shape index (κ1) is 36.7. The largest absolute Gasteiger partial charge is 0.444 e. The van der Waals surface area contributed by atoms with Crippen LogP contribution in [-0.2, 0) is 30.3 Å². The number of anilines is 2. The Hall–Kier alpha value is -3.18. The van der Waals surface area contributed by atoms with Crippen molar-refractivity contribution in [2.75, 3.05) is 49.8 Å². The third-order valence-electron chi connectivity index (χ3n) is 9.12. The van der Waals surface area contributed by atoms with Crippen LogP contribution in [0.3, 0.4) is 0 Å². The maximum atomic E-state index is 14.5. The first-order chi connectivity index (χ1) is 22.0. The van der Waals surface area contributed by atoms with Crippen LogP contribution in [0.1, 0.15) is 86.1 Å². The number of nitrogens with one attached hydrogen (secondary N) is 1. The second kappa shape index (κ2) is 14.9. The number of nitrogens with zero attached hydrogens (tertiary/aromatic N) is 3. The number of hydrogen-bond donors (Lipinski definition) is 2. The van der Waals surface area contributed by atoms with Crippen molar-refractivity contribution in [2.24, 2.45) is 23.2 Å². The molecule has 2 aliphatic heterocycles.